The number of piperidine rings is 1. The molecular formula is C18H27ClN2O2. The number of fused-ring (bicyclic) bond motifs is 2. The van der Waals surface area contributed by atoms with Crippen LogP contribution < -0.4 is 10.1 Å². The number of carbonyl (C=O) groups excluding carboxylic acids is 1. The third-order valence-corrected chi connectivity index (χ3v) is 5.14. The van der Waals surface area contributed by atoms with Crippen molar-refractivity contribution in [2.45, 2.75) is 57.7 Å². The van der Waals surface area contributed by atoms with E-state index in [9.17, 15) is 4.79 Å². The average Bonchev–Trinajstić information content (AvgIpc) is 2.84. The second kappa shape index (κ2) is 7.54. The number of para-hydroxylation sites is 1. The molecule has 2 atom stereocenters. The summed E-state index contributed by atoms with van der Waals surface area (Å²) in [5.74, 6) is 0.920. The lowest BCUT2D eigenvalue weighted by Crippen LogP contribution is -2.49. The fraction of sp³-hybridized carbons (Fsp3) is 0.611. The number of hydrogen-bond donors (Lipinski definition) is 1. The zero-order valence-electron chi connectivity index (χ0n) is 14.2. The lowest BCUT2D eigenvalue weighted by atomic mass is 9.98. The van der Waals surface area contributed by atoms with Crippen LogP contribution in [-0.4, -0.2) is 42.6 Å². The quantitative estimate of drug-likeness (QED) is 0.917. The number of halogens is 1. The largest absolute Gasteiger partial charge is 0.483 e. The number of rotatable bonds is 4. The Kier molecular flexibility index (Phi) is 5.93. The van der Waals surface area contributed by atoms with Crippen molar-refractivity contribution >= 4 is 18.3 Å². The molecule has 2 unspecified atom stereocenters. The molecule has 3 rings (SSSR count). The maximum absolute atomic E-state index is 12.5. The van der Waals surface area contributed by atoms with Gasteiger partial charge in [-0.3, -0.25) is 4.79 Å². The molecular weight excluding hydrogens is 312 g/mol. The number of aryl methyl sites for hydroxylation is 2. The molecule has 2 saturated heterocycles. The molecule has 1 aromatic rings. The van der Waals surface area contributed by atoms with Crippen LogP contribution in [0.15, 0.2) is 18.2 Å². The second-order valence-electron chi connectivity index (χ2n) is 6.78. The summed E-state index contributed by atoms with van der Waals surface area (Å²) in [5.41, 5.74) is 2.16. The summed E-state index contributed by atoms with van der Waals surface area (Å²) in [6.45, 7) is 4.16. The first-order chi connectivity index (χ1) is 10.5. The van der Waals surface area contributed by atoms with Crippen LogP contribution in [0.3, 0.4) is 0 Å². The molecule has 4 nitrogen and oxygen atoms in total. The van der Waals surface area contributed by atoms with Crippen molar-refractivity contribution in [1.82, 2.24) is 10.2 Å². The highest BCUT2D eigenvalue weighted by Crippen LogP contribution is 2.29. The van der Waals surface area contributed by atoms with Crippen molar-refractivity contribution in [3.05, 3.63) is 29.3 Å². The van der Waals surface area contributed by atoms with E-state index in [4.69, 9.17) is 4.74 Å². The van der Waals surface area contributed by atoms with Gasteiger partial charge in [-0.05, 0) is 50.7 Å². The Morgan fingerprint density at radius 2 is 1.78 bits per heavy atom. The van der Waals surface area contributed by atoms with Crippen LogP contribution in [0.2, 0.25) is 0 Å². The predicted molar refractivity (Wildman–Crippen MR) is 94.4 cm³/mol. The molecule has 0 saturated carbocycles. The summed E-state index contributed by atoms with van der Waals surface area (Å²) >= 11 is 0. The Morgan fingerprint density at radius 1 is 1.22 bits per heavy atom. The van der Waals surface area contributed by atoms with Gasteiger partial charge in [0.1, 0.15) is 5.75 Å². The molecule has 0 aromatic heterocycles. The fourth-order valence-corrected chi connectivity index (χ4v) is 3.81. The van der Waals surface area contributed by atoms with Crippen molar-refractivity contribution in [3.8, 4) is 5.75 Å². The van der Waals surface area contributed by atoms with Crippen LogP contribution in [-0.2, 0) is 4.79 Å². The Hall–Kier alpha value is -1.26. The molecule has 2 heterocycles. The molecule has 1 N–H and O–H groups in total. The first-order valence-electron chi connectivity index (χ1n) is 8.25. The Balaban J connectivity index is 0.00000192. The average molecular weight is 339 g/mol. The molecule has 1 aromatic carbocycles. The van der Waals surface area contributed by atoms with E-state index in [-0.39, 0.29) is 24.9 Å². The maximum atomic E-state index is 12.5. The molecule has 0 radical (unpaired) electrons. The topological polar surface area (TPSA) is 41.6 Å². The molecule has 1 amide bonds. The number of nitrogens with zero attached hydrogens (tertiary/aromatic N) is 1. The normalized spacial score (nSPS) is 25.6. The summed E-state index contributed by atoms with van der Waals surface area (Å²) in [6, 6.07) is 7.59. The highest BCUT2D eigenvalue weighted by molar-refractivity contribution is 5.85. The molecule has 128 valence electrons. The fourth-order valence-electron chi connectivity index (χ4n) is 3.81. The van der Waals surface area contributed by atoms with E-state index in [1.165, 1.54) is 12.8 Å². The van der Waals surface area contributed by atoms with E-state index < -0.39 is 0 Å². The molecule has 2 fully saturated rings. The van der Waals surface area contributed by atoms with Crippen LogP contribution in [0.1, 0.15) is 36.8 Å². The van der Waals surface area contributed by atoms with E-state index in [1.807, 2.05) is 44.0 Å². The number of amides is 1. The van der Waals surface area contributed by atoms with E-state index in [1.54, 1.807) is 0 Å². The summed E-state index contributed by atoms with van der Waals surface area (Å²) in [4.78, 5) is 14.4. The van der Waals surface area contributed by atoms with Crippen molar-refractivity contribution in [2.24, 2.45) is 0 Å². The van der Waals surface area contributed by atoms with Gasteiger partial charge in [0.15, 0.2) is 6.61 Å². The first kappa shape index (κ1) is 18.1. The van der Waals surface area contributed by atoms with E-state index >= 15 is 0 Å². The Labute approximate surface area is 145 Å². The summed E-state index contributed by atoms with van der Waals surface area (Å²) in [5, 5.41) is 3.62. The van der Waals surface area contributed by atoms with E-state index in [0.717, 1.165) is 29.7 Å². The lowest BCUT2D eigenvalue weighted by Gasteiger charge is -2.35. The number of nitrogens with one attached hydrogen (secondary N) is 1. The molecule has 5 heteroatoms. The number of carbonyl (C=O) groups is 1. The SMILES string of the molecule is Cc1cccc(C)c1OCC(=O)N(C)C1CC2CCC(C1)N2.Cl. The van der Waals surface area contributed by atoms with E-state index in [2.05, 4.69) is 5.32 Å². The van der Waals surface area contributed by atoms with Crippen molar-refractivity contribution in [2.75, 3.05) is 13.7 Å². The summed E-state index contributed by atoms with van der Waals surface area (Å²) in [6.07, 6.45) is 4.65. The zero-order valence-corrected chi connectivity index (χ0v) is 15.0. The van der Waals surface area contributed by atoms with Crippen LogP contribution in [0.4, 0.5) is 0 Å². The lowest BCUT2D eigenvalue weighted by molar-refractivity contribution is -0.134. The van der Waals surface area contributed by atoms with Gasteiger partial charge in [0, 0.05) is 25.2 Å². The summed E-state index contributed by atoms with van der Waals surface area (Å²) < 4.78 is 5.80. The van der Waals surface area contributed by atoms with Crippen LogP contribution >= 0.6 is 12.4 Å². The highest BCUT2D eigenvalue weighted by atomic mass is 35.5. The van der Waals surface area contributed by atoms with Crippen molar-refractivity contribution in [1.29, 1.82) is 0 Å². The first-order valence-corrected chi connectivity index (χ1v) is 8.25. The van der Waals surface area contributed by atoms with Crippen LogP contribution in [0, 0.1) is 13.8 Å². The molecule has 2 bridgehead atoms. The molecule has 2 aliphatic rings. The van der Waals surface area contributed by atoms with Gasteiger partial charge in [0.2, 0.25) is 0 Å². The number of ether oxygens (including phenoxy) is 1. The van der Waals surface area contributed by atoms with Gasteiger partial charge in [0.25, 0.3) is 5.91 Å². The maximum Gasteiger partial charge on any atom is 0.260 e. The Bertz CT molecular complexity index is 532. The minimum absolute atomic E-state index is 0. The standard InChI is InChI=1S/C18H26N2O2.ClH/c1-12-5-4-6-13(2)18(12)22-11-17(21)20(3)16-9-14-7-8-15(10-16)19-14;/h4-6,14-16,19H,7-11H2,1-3H3;1H. The highest BCUT2D eigenvalue weighted by Gasteiger charge is 2.36. The second-order valence-corrected chi connectivity index (χ2v) is 6.78. The van der Waals surface area contributed by atoms with Gasteiger partial charge < -0.3 is 15.0 Å². The minimum Gasteiger partial charge on any atom is -0.483 e. The van der Waals surface area contributed by atoms with E-state index in [0.29, 0.717) is 18.1 Å². The van der Waals surface area contributed by atoms with Crippen molar-refractivity contribution in [3.63, 3.8) is 0 Å². The van der Waals surface area contributed by atoms with Crippen LogP contribution in [0.25, 0.3) is 0 Å². The molecule has 0 aliphatic carbocycles. The minimum atomic E-state index is 0. The van der Waals surface area contributed by atoms with Gasteiger partial charge in [0.05, 0.1) is 0 Å². The van der Waals surface area contributed by atoms with Crippen molar-refractivity contribution < 1.29 is 9.53 Å². The Morgan fingerprint density at radius 3 is 2.35 bits per heavy atom. The number of benzene rings is 1. The molecule has 2 aliphatic heterocycles. The van der Waals surface area contributed by atoms with Gasteiger partial charge in [-0.1, -0.05) is 18.2 Å². The van der Waals surface area contributed by atoms with Gasteiger partial charge in [-0.25, -0.2) is 0 Å². The zero-order chi connectivity index (χ0) is 15.7. The smallest absolute Gasteiger partial charge is 0.260 e. The monoisotopic (exact) mass is 338 g/mol. The number of hydrogen-bond acceptors (Lipinski definition) is 3. The molecule has 23 heavy (non-hydrogen) atoms. The third kappa shape index (κ3) is 3.99. The van der Waals surface area contributed by atoms with Crippen LogP contribution in [0.5, 0.6) is 5.75 Å². The summed E-state index contributed by atoms with van der Waals surface area (Å²) in [7, 11) is 1.92. The number of likely N-dealkylation sites (N-methyl/N-ethyl adjacent to an activating group) is 1. The molecule has 0 spiro atoms. The predicted octanol–water partition coefficient (Wildman–Crippen LogP) is 2.85. The van der Waals surface area contributed by atoms with Gasteiger partial charge in [-0.15, -0.1) is 12.4 Å². The van der Waals surface area contributed by atoms with Gasteiger partial charge >= 0.3 is 0 Å². The van der Waals surface area contributed by atoms with Gasteiger partial charge in [-0.2, -0.15) is 0 Å². The third-order valence-electron chi connectivity index (χ3n) is 5.14.